The monoisotopic (exact) mass is 356 g/mol. The molecule has 1 saturated heterocycles. The number of nitrogens with one attached hydrogen (secondary N) is 1. The summed E-state index contributed by atoms with van der Waals surface area (Å²) in [6.45, 7) is 4.90. The van der Waals surface area contributed by atoms with Crippen LogP contribution in [-0.4, -0.2) is 65.6 Å². The molecular formula is C19H24N4O3. The molecule has 2 heterocycles. The largest absolute Gasteiger partial charge is 0.375 e. The highest BCUT2D eigenvalue weighted by atomic mass is 16.5. The maximum atomic E-state index is 12.8. The molecule has 0 aliphatic carbocycles. The van der Waals surface area contributed by atoms with Crippen molar-refractivity contribution in [1.82, 2.24) is 14.8 Å². The number of nitrogens with zero attached hydrogens (tertiary/aromatic N) is 3. The number of hydrogen-bond acceptors (Lipinski definition) is 4. The minimum absolute atomic E-state index is 0.0502. The molecule has 7 nitrogen and oxygen atoms in total. The van der Waals surface area contributed by atoms with Crippen LogP contribution in [0.1, 0.15) is 13.8 Å². The molecule has 0 spiro atoms. The van der Waals surface area contributed by atoms with Crippen LogP contribution >= 0.6 is 0 Å². The first kappa shape index (κ1) is 18.1. The van der Waals surface area contributed by atoms with Gasteiger partial charge in [-0.25, -0.2) is 4.79 Å². The number of aromatic nitrogens is 1. The number of anilines is 1. The first-order chi connectivity index (χ1) is 12.5. The maximum Gasteiger partial charge on any atom is 0.322 e. The number of piperazine rings is 1. The molecular weight excluding hydrogens is 332 g/mol. The van der Waals surface area contributed by atoms with E-state index in [0.29, 0.717) is 18.8 Å². The smallest absolute Gasteiger partial charge is 0.322 e. The highest BCUT2D eigenvalue weighted by molar-refractivity contribution is 5.99. The Labute approximate surface area is 152 Å². The van der Waals surface area contributed by atoms with Crippen molar-refractivity contribution in [1.29, 1.82) is 0 Å². The van der Waals surface area contributed by atoms with E-state index in [1.54, 1.807) is 16.0 Å². The molecule has 1 aromatic carbocycles. The van der Waals surface area contributed by atoms with E-state index >= 15 is 0 Å². The molecule has 1 fully saturated rings. The Hall–Kier alpha value is -2.67. The number of urea groups is 1. The minimum atomic E-state index is -0.180. The predicted molar refractivity (Wildman–Crippen MR) is 100.0 cm³/mol. The van der Waals surface area contributed by atoms with Crippen LogP contribution < -0.4 is 5.32 Å². The van der Waals surface area contributed by atoms with Crippen molar-refractivity contribution in [2.24, 2.45) is 0 Å². The molecule has 1 aliphatic rings. The number of carbonyl (C=O) groups is 2. The number of hydrogen-bond donors (Lipinski definition) is 1. The van der Waals surface area contributed by atoms with Crippen molar-refractivity contribution in [2.75, 3.05) is 32.1 Å². The highest BCUT2D eigenvalue weighted by Gasteiger charge is 2.34. The van der Waals surface area contributed by atoms with E-state index in [9.17, 15) is 9.59 Å². The average molecular weight is 356 g/mol. The lowest BCUT2D eigenvalue weighted by Gasteiger charge is -2.44. The van der Waals surface area contributed by atoms with Crippen LogP contribution in [0, 0.1) is 0 Å². The summed E-state index contributed by atoms with van der Waals surface area (Å²) >= 11 is 0. The van der Waals surface area contributed by atoms with Gasteiger partial charge in [-0.05, 0) is 26.0 Å². The van der Waals surface area contributed by atoms with E-state index < -0.39 is 0 Å². The Morgan fingerprint density at radius 3 is 2.58 bits per heavy atom. The maximum absolute atomic E-state index is 12.8. The second-order valence-electron chi connectivity index (χ2n) is 6.65. The van der Waals surface area contributed by atoms with Gasteiger partial charge in [0.1, 0.15) is 6.61 Å². The van der Waals surface area contributed by atoms with Gasteiger partial charge in [-0.15, -0.1) is 0 Å². The fraction of sp³-hybridized carbons (Fsp3) is 0.421. The first-order valence-corrected chi connectivity index (χ1v) is 8.71. The zero-order chi connectivity index (χ0) is 18.7. The molecule has 1 N–H and O–H groups in total. The van der Waals surface area contributed by atoms with Gasteiger partial charge in [0.25, 0.3) is 0 Å². The number of pyridine rings is 1. The van der Waals surface area contributed by atoms with Crippen molar-refractivity contribution in [3.63, 3.8) is 0 Å². The summed E-state index contributed by atoms with van der Waals surface area (Å²) in [5.41, 5.74) is 1.45. The number of para-hydroxylation sites is 1. The van der Waals surface area contributed by atoms with Crippen LogP contribution in [0.25, 0.3) is 10.9 Å². The molecule has 2 aromatic rings. The van der Waals surface area contributed by atoms with Gasteiger partial charge < -0.3 is 19.9 Å². The van der Waals surface area contributed by atoms with E-state index in [4.69, 9.17) is 4.74 Å². The van der Waals surface area contributed by atoms with Crippen LogP contribution in [0.5, 0.6) is 0 Å². The average Bonchev–Trinajstić information content (AvgIpc) is 2.61. The van der Waals surface area contributed by atoms with Crippen molar-refractivity contribution in [2.45, 2.75) is 25.9 Å². The molecule has 0 bridgehead atoms. The van der Waals surface area contributed by atoms with Gasteiger partial charge in [0.05, 0.1) is 11.2 Å². The van der Waals surface area contributed by atoms with Gasteiger partial charge in [-0.1, -0.05) is 18.2 Å². The highest BCUT2D eigenvalue weighted by Crippen LogP contribution is 2.22. The molecule has 3 rings (SSSR count). The summed E-state index contributed by atoms with van der Waals surface area (Å²) in [5, 5.41) is 3.94. The first-order valence-electron chi connectivity index (χ1n) is 8.71. The topological polar surface area (TPSA) is 74.8 Å². The zero-order valence-electron chi connectivity index (χ0n) is 15.3. The van der Waals surface area contributed by atoms with Gasteiger partial charge >= 0.3 is 6.03 Å². The second-order valence-corrected chi connectivity index (χ2v) is 6.65. The Bertz CT molecular complexity index is 793. The van der Waals surface area contributed by atoms with E-state index in [1.165, 1.54) is 7.11 Å². The van der Waals surface area contributed by atoms with E-state index in [-0.39, 0.29) is 30.6 Å². The molecule has 2 unspecified atom stereocenters. The van der Waals surface area contributed by atoms with E-state index in [1.807, 2.05) is 44.2 Å². The predicted octanol–water partition coefficient (Wildman–Crippen LogP) is 2.33. The quantitative estimate of drug-likeness (QED) is 0.916. The number of carbonyl (C=O) groups excluding carboxylic acids is 2. The Morgan fingerprint density at radius 1 is 1.19 bits per heavy atom. The summed E-state index contributed by atoms with van der Waals surface area (Å²) in [6, 6.07) is 9.21. The Morgan fingerprint density at radius 2 is 1.88 bits per heavy atom. The number of benzene rings is 1. The van der Waals surface area contributed by atoms with Crippen LogP contribution in [0.15, 0.2) is 36.5 Å². The van der Waals surface area contributed by atoms with Crippen LogP contribution in [0.4, 0.5) is 10.5 Å². The number of methoxy groups -OCH3 is 1. The second kappa shape index (κ2) is 7.70. The Kier molecular flexibility index (Phi) is 5.37. The summed E-state index contributed by atoms with van der Waals surface area (Å²) < 4.78 is 4.96. The van der Waals surface area contributed by atoms with Gasteiger partial charge in [-0.3, -0.25) is 9.78 Å². The third-order valence-electron chi connectivity index (χ3n) is 4.64. The number of fused-ring (bicyclic) bond motifs is 1. The summed E-state index contributed by atoms with van der Waals surface area (Å²) in [7, 11) is 1.51. The fourth-order valence-electron chi connectivity index (χ4n) is 3.58. The molecule has 0 radical (unpaired) electrons. The molecule has 138 valence electrons. The molecule has 1 aromatic heterocycles. The number of amides is 3. The van der Waals surface area contributed by atoms with Crippen molar-refractivity contribution < 1.29 is 14.3 Å². The lowest BCUT2D eigenvalue weighted by Crippen LogP contribution is -2.61. The van der Waals surface area contributed by atoms with Gasteiger partial charge in [0.2, 0.25) is 5.91 Å². The lowest BCUT2D eigenvalue weighted by molar-refractivity contribution is -0.142. The summed E-state index contributed by atoms with van der Waals surface area (Å²) in [4.78, 5) is 32.9. The SMILES string of the molecule is COCC(=O)N1C(C)CN(C(=O)Nc2cccc3cccnc23)CC1C. The van der Waals surface area contributed by atoms with Gasteiger partial charge in [0, 0.05) is 43.9 Å². The standard InChI is InChI=1S/C19H24N4O3/c1-13-10-22(11-14(2)23(13)17(24)12-26-3)19(25)21-16-8-4-6-15-7-5-9-20-18(15)16/h4-9,13-14H,10-12H2,1-3H3,(H,21,25). The lowest BCUT2D eigenvalue weighted by atomic mass is 10.1. The number of rotatable bonds is 3. The third kappa shape index (κ3) is 3.62. The summed E-state index contributed by atoms with van der Waals surface area (Å²) in [6.07, 6.45) is 1.71. The molecule has 1 aliphatic heterocycles. The fourth-order valence-corrected chi connectivity index (χ4v) is 3.58. The van der Waals surface area contributed by atoms with Gasteiger partial charge in [-0.2, -0.15) is 0 Å². The molecule has 7 heteroatoms. The Balaban J connectivity index is 1.72. The van der Waals surface area contributed by atoms with Crippen molar-refractivity contribution >= 4 is 28.5 Å². The molecule has 26 heavy (non-hydrogen) atoms. The van der Waals surface area contributed by atoms with Crippen molar-refractivity contribution in [3.05, 3.63) is 36.5 Å². The zero-order valence-corrected chi connectivity index (χ0v) is 15.3. The molecule has 2 atom stereocenters. The van der Waals surface area contributed by atoms with Crippen molar-refractivity contribution in [3.8, 4) is 0 Å². The molecule has 0 saturated carbocycles. The van der Waals surface area contributed by atoms with E-state index in [0.717, 1.165) is 10.9 Å². The molecule has 3 amide bonds. The van der Waals surface area contributed by atoms with E-state index in [2.05, 4.69) is 10.3 Å². The number of ether oxygens (including phenoxy) is 1. The third-order valence-corrected chi connectivity index (χ3v) is 4.64. The van der Waals surface area contributed by atoms with Crippen LogP contribution in [-0.2, 0) is 9.53 Å². The van der Waals surface area contributed by atoms with Crippen LogP contribution in [0.3, 0.4) is 0 Å². The minimum Gasteiger partial charge on any atom is -0.375 e. The van der Waals surface area contributed by atoms with Gasteiger partial charge in [0.15, 0.2) is 0 Å². The summed E-state index contributed by atoms with van der Waals surface area (Å²) in [5.74, 6) is -0.0502. The van der Waals surface area contributed by atoms with Crippen LogP contribution in [0.2, 0.25) is 0 Å². The normalized spacial score (nSPS) is 20.3.